The third kappa shape index (κ3) is 3.61. The largest absolute Gasteiger partial charge is 0.406 e. The number of rotatable bonds is 2. The second-order valence-corrected chi connectivity index (χ2v) is 3.14. The zero-order valence-corrected chi connectivity index (χ0v) is 8.08. The van der Waals surface area contributed by atoms with E-state index in [4.69, 9.17) is 0 Å². The van der Waals surface area contributed by atoms with Crippen LogP contribution < -0.4 is 0 Å². The van der Waals surface area contributed by atoms with Crippen molar-refractivity contribution < 1.29 is 18.0 Å². The van der Waals surface area contributed by atoms with Gasteiger partial charge in [-0.15, -0.1) is 0 Å². The van der Waals surface area contributed by atoms with E-state index in [9.17, 15) is 18.0 Å². The Hall–Kier alpha value is -1.52. The highest BCUT2D eigenvalue weighted by Crippen LogP contribution is 2.16. The summed E-state index contributed by atoms with van der Waals surface area (Å²) in [5.41, 5.74) is 0.254. The summed E-state index contributed by atoms with van der Waals surface area (Å²) in [6.45, 7) is -1.24. The van der Waals surface area contributed by atoms with Crippen LogP contribution in [-0.4, -0.2) is 30.6 Å². The molecule has 0 radical (unpaired) electrons. The van der Waals surface area contributed by atoms with Crippen LogP contribution >= 0.6 is 0 Å². The third-order valence-electron chi connectivity index (χ3n) is 1.78. The lowest BCUT2D eigenvalue weighted by atomic mass is 10.2. The smallest absolute Gasteiger partial charge is 0.333 e. The van der Waals surface area contributed by atoms with Crippen molar-refractivity contribution in [1.29, 1.82) is 0 Å². The minimum atomic E-state index is -4.36. The monoisotopic (exact) mass is 217 g/mol. The van der Waals surface area contributed by atoms with Crippen LogP contribution in [0.15, 0.2) is 30.3 Å². The molecule has 0 spiro atoms. The average molecular weight is 217 g/mol. The summed E-state index contributed by atoms with van der Waals surface area (Å²) in [6, 6.07) is 7.87. The number of nitrogens with zero attached hydrogens (tertiary/aromatic N) is 1. The zero-order valence-electron chi connectivity index (χ0n) is 8.08. The molecule has 1 amide bonds. The summed E-state index contributed by atoms with van der Waals surface area (Å²) in [7, 11) is 1.13. The Labute approximate surface area is 85.3 Å². The maximum atomic E-state index is 12.0. The summed E-state index contributed by atoms with van der Waals surface area (Å²) < 4.78 is 36.0. The van der Waals surface area contributed by atoms with Crippen LogP contribution in [-0.2, 0) is 0 Å². The van der Waals surface area contributed by atoms with Gasteiger partial charge in [-0.2, -0.15) is 13.2 Å². The number of carbonyl (C=O) groups is 1. The Morgan fingerprint density at radius 2 is 1.80 bits per heavy atom. The standard InChI is InChI=1S/C10H10F3NO/c1-14(7-10(11,12)13)9(15)8-5-3-2-4-6-8/h2-6H,7H2,1H3. The van der Waals surface area contributed by atoms with Gasteiger partial charge in [0, 0.05) is 12.6 Å². The van der Waals surface area contributed by atoms with E-state index < -0.39 is 18.6 Å². The first-order chi connectivity index (χ1) is 6.90. The minimum absolute atomic E-state index is 0.254. The average Bonchev–Trinajstić information content (AvgIpc) is 2.15. The number of alkyl halides is 3. The van der Waals surface area contributed by atoms with Crippen LogP contribution in [0, 0.1) is 0 Å². The van der Waals surface area contributed by atoms with Gasteiger partial charge in [0.1, 0.15) is 6.54 Å². The first-order valence-corrected chi connectivity index (χ1v) is 4.27. The first kappa shape index (κ1) is 11.6. The van der Waals surface area contributed by atoms with Crippen molar-refractivity contribution in [2.75, 3.05) is 13.6 Å². The molecular weight excluding hydrogens is 207 g/mol. The van der Waals surface area contributed by atoms with Gasteiger partial charge in [0.05, 0.1) is 0 Å². The van der Waals surface area contributed by atoms with Crippen LogP contribution in [0.25, 0.3) is 0 Å². The maximum Gasteiger partial charge on any atom is 0.406 e. The van der Waals surface area contributed by atoms with Gasteiger partial charge >= 0.3 is 6.18 Å². The lowest BCUT2D eigenvalue weighted by Gasteiger charge is -2.18. The summed E-state index contributed by atoms with van der Waals surface area (Å²) >= 11 is 0. The lowest BCUT2D eigenvalue weighted by molar-refractivity contribution is -0.138. The molecule has 0 fully saturated rings. The number of amides is 1. The molecule has 0 saturated heterocycles. The molecule has 0 bridgehead atoms. The third-order valence-corrected chi connectivity index (χ3v) is 1.78. The molecule has 0 aromatic heterocycles. The molecule has 1 aromatic rings. The number of halogens is 3. The first-order valence-electron chi connectivity index (χ1n) is 4.27. The van der Waals surface area contributed by atoms with Gasteiger partial charge < -0.3 is 4.90 Å². The number of hydrogen-bond acceptors (Lipinski definition) is 1. The summed E-state index contributed by atoms with van der Waals surface area (Å²) in [6.07, 6.45) is -4.36. The van der Waals surface area contributed by atoms with Crippen molar-refractivity contribution in [2.24, 2.45) is 0 Å². The molecule has 0 aliphatic carbocycles. The SMILES string of the molecule is CN(CC(F)(F)F)C(=O)c1ccccc1. The fourth-order valence-corrected chi connectivity index (χ4v) is 1.14. The Kier molecular flexibility index (Phi) is 3.34. The van der Waals surface area contributed by atoms with Gasteiger partial charge in [-0.05, 0) is 12.1 Å². The highest BCUT2D eigenvalue weighted by molar-refractivity contribution is 5.93. The molecular formula is C10H10F3NO. The lowest BCUT2D eigenvalue weighted by Crippen LogP contribution is -2.35. The van der Waals surface area contributed by atoms with Crippen molar-refractivity contribution in [2.45, 2.75) is 6.18 Å². The van der Waals surface area contributed by atoms with Crippen LogP contribution in [0.4, 0.5) is 13.2 Å². The van der Waals surface area contributed by atoms with Gasteiger partial charge in [0.2, 0.25) is 0 Å². The van der Waals surface area contributed by atoms with Crippen LogP contribution in [0.5, 0.6) is 0 Å². The Bertz CT molecular complexity index is 334. The molecule has 82 valence electrons. The van der Waals surface area contributed by atoms with Gasteiger partial charge in [-0.3, -0.25) is 4.79 Å². The van der Waals surface area contributed by atoms with E-state index in [1.165, 1.54) is 12.1 Å². The van der Waals surface area contributed by atoms with E-state index in [1.807, 2.05) is 0 Å². The number of hydrogen-bond donors (Lipinski definition) is 0. The predicted molar refractivity (Wildman–Crippen MR) is 49.5 cm³/mol. The Balaban J connectivity index is 2.70. The number of benzene rings is 1. The van der Waals surface area contributed by atoms with Crippen molar-refractivity contribution in [1.82, 2.24) is 4.90 Å². The van der Waals surface area contributed by atoms with Crippen LogP contribution in [0.3, 0.4) is 0 Å². The van der Waals surface area contributed by atoms with Crippen molar-refractivity contribution in [3.8, 4) is 0 Å². The van der Waals surface area contributed by atoms with E-state index in [-0.39, 0.29) is 5.56 Å². The topological polar surface area (TPSA) is 20.3 Å². The minimum Gasteiger partial charge on any atom is -0.333 e. The van der Waals surface area contributed by atoms with Crippen molar-refractivity contribution in [3.63, 3.8) is 0 Å². The Morgan fingerprint density at radius 3 is 2.27 bits per heavy atom. The maximum absolute atomic E-state index is 12.0. The van der Waals surface area contributed by atoms with Crippen molar-refractivity contribution in [3.05, 3.63) is 35.9 Å². The van der Waals surface area contributed by atoms with Gasteiger partial charge in [0.25, 0.3) is 5.91 Å². The molecule has 0 unspecified atom stereocenters. The second-order valence-electron chi connectivity index (χ2n) is 3.14. The highest BCUT2D eigenvalue weighted by Gasteiger charge is 2.31. The fraction of sp³-hybridized carbons (Fsp3) is 0.300. The van der Waals surface area contributed by atoms with E-state index in [2.05, 4.69) is 0 Å². The predicted octanol–water partition coefficient (Wildman–Crippen LogP) is 2.32. The van der Waals surface area contributed by atoms with E-state index in [0.29, 0.717) is 4.90 Å². The van der Waals surface area contributed by atoms with Gasteiger partial charge in [-0.1, -0.05) is 18.2 Å². The molecule has 2 nitrogen and oxygen atoms in total. The van der Waals surface area contributed by atoms with Gasteiger partial charge in [-0.25, -0.2) is 0 Å². The molecule has 5 heteroatoms. The second kappa shape index (κ2) is 4.33. The Morgan fingerprint density at radius 1 is 1.27 bits per heavy atom. The molecule has 0 aliphatic rings. The normalized spacial score (nSPS) is 11.2. The van der Waals surface area contributed by atoms with E-state index >= 15 is 0 Å². The quantitative estimate of drug-likeness (QED) is 0.744. The molecule has 0 heterocycles. The van der Waals surface area contributed by atoms with E-state index in [1.54, 1.807) is 18.2 Å². The molecule has 0 aliphatic heterocycles. The molecule has 15 heavy (non-hydrogen) atoms. The molecule has 0 N–H and O–H groups in total. The number of carbonyl (C=O) groups excluding carboxylic acids is 1. The summed E-state index contributed by atoms with van der Waals surface area (Å²) in [5, 5.41) is 0. The fourth-order valence-electron chi connectivity index (χ4n) is 1.14. The molecule has 0 saturated carbocycles. The summed E-state index contributed by atoms with van der Waals surface area (Å²) in [5.74, 6) is -0.632. The highest BCUT2D eigenvalue weighted by atomic mass is 19.4. The van der Waals surface area contributed by atoms with Crippen LogP contribution in [0.2, 0.25) is 0 Å². The van der Waals surface area contributed by atoms with E-state index in [0.717, 1.165) is 7.05 Å². The summed E-state index contributed by atoms with van der Waals surface area (Å²) in [4.78, 5) is 12.1. The van der Waals surface area contributed by atoms with Crippen LogP contribution in [0.1, 0.15) is 10.4 Å². The zero-order chi connectivity index (χ0) is 11.5. The molecule has 0 atom stereocenters. The van der Waals surface area contributed by atoms with Gasteiger partial charge in [0.15, 0.2) is 0 Å². The molecule has 1 aromatic carbocycles. The molecule has 1 rings (SSSR count). The van der Waals surface area contributed by atoms with Crippen molar-refractivity contribution >= 4 is 5.91 Å².